The van der Waals surface area contributed by atoms with E-state index < -0.39 is 0 Å². The molecule has 0 amide bonds. The number of hydrogen-bond donors (Lipinski definition) is 0. The summed E-state index contributed by atoms with van der Waals surface area (Å²) in [7, 11) is 1.61. The molecular formula is C23H20N6O3. The molecule has 5 aromatic rings. The number of benzene rings is 2. The minimum atomic E-state index is -0.234. The van der Waals surface area contributed by atoms with Crippen molar-refractivity contribution in [3.63, 3.8) is 0 Å². The number of nitrogens with zero attached hydrogens (tertiary/aromatic N) is 6. The Kier molecular flexibility index (Phi) is 4.98. The Bertz CT molecular complexity index is 1430. The third-order valence-corrected chi connectivity index (χ3v) is 5.27. The predicted molar refractivity (Wildman–Crippen MR) is 118 cm³/mol. The van der Waals surface area contributed by atoms with Gasteiger partial charge in [0, 0.05) is 5.56 Å². The molecule has 0 saturated carbocycles. The topological polar surface area (TPSA) is 101 Å². The molecule has 9 heteroatoms. The second-order valence-electron chi connectivity index (χ2n) is 7.23. The van der Waals surface area contributed by atoms with Gasteiger partial charge in [0.05, 0.1) is 19.0 Å². The fourth-order valence-corrected chi connectivity index (χ4v) is 3.45. The molecule has 0 aliphatic heterocycles. The first-order chi connectivity index (χ1) is 15.7. The fourth-order valence-electron chi connectivity index (χ4n) is 3.45. The highest BCUT2D eigenvalue weighted by Crippen LogP contribution is 2.19. The summed E-state index contributed by atoms with van der Waals surface area (Å²) < 4.78 is 13.6. The van der Waals surface area contributed by atoms with Gasteiger partial charge in [0.25, 0.3) is 5.56 Å². The van der Waals surface area contributed by atoms with Crippen molar-refractivity contribution in [2.24, 2.45) is 0 Å². The van der Waals surface area contributed by atoms with Crippen LogP contribution in [0.4, 0.5) is 0 Å². The van der Waals surface area contributed by atoms with Crippen LogP contribution in [-0.2, 0) is 13.0 Å². The number of ether oxygens (including phenoxy) is 1. The van der Waals surface area contributed by atoms with Crippen molar-refractivity contribution in [1.29, 1.82) is 0 Å². The van der Waals surface area contributed by atoms with E-state index in [0.29, 0.717) is 22.7 Å². The van der Waals surface area contributed by atoms with Gasteiger partial charge in [-0.05, 0) is 36.2 Å². The fraction of sp³-hybridized carbons (Fsp3) is 0.174. The van der Waals surface area contributed by atoms with Crippen LogP contribution < -0.4 is 10.3 Å². The lowest BCUT2D eigenvalue weighted by Gasteiger charge is -2.05. The van der Waals surface area contributed by atoms with Crippen LogP contribution in [0.15, 0.2) is 70.4 Å². The maximum atomic E-state index is 13.0. The molecule has 5 rings (SSSR count). The molecule has 0 atom stereocenters. The maximum Gasteiger partial charge on any atom is 0.264 e. The SMILES string of the molecule is CCc1ccc(-c2noc(Cn3cnc4c(cnn4-c4ccc(OC)cc4)c3=O)n2)cc1. The van der Waals surface area contributed by atoms with Crippen LogP contribution in [0.25, 0.3) is 28.1 Å². The summed E-state index contributed by atoms with van der Waals surface area (Å²) in [4.78, 5) is 21.9. The number of fused-ring (bicyclic) bond motifs is 1. The van der Waals surface area contributed by atoms with Crippen molar-refractivity contribution in [3.05, 3.63) is 82.9 Å². The number of aryl methyl sites for hydroxylation is 1. The first-order valence-corrected chi connectivity index (χ1v) is 10.2. The van der Waals surface area contributed by atoms with Gasteiger partial charge >= 0.3 is 0 Å². The van der Waals surface area contributed by atoms with Crippen LogP contribution in [0.1, 0.15) is 18.4 Å². The molecule has 3 heterocycles. The van der Waals surface area contributed by atoms with Gasteiger partial charge in [0.15, 0.2) is 5.65 Å². The number of aromatic nitrogens is 6. The molecule has 0 N–H and O–H groups in total. The average molecular weight is 428 g/mol. The second kappa shape index (κ2) is 8.10. The number of methoxy groups -OCH3 is 1. The van der Waals surface area contributed by atoms with Gasteiger partial charge in [-0.25, -0.2) is 9.67 Å². The van der Waals surface area contributed by atoms with Crippen molar-refractivity contribution in [2.75, 3.05) is 7.11 Å². The van der Waals surface area contributed by atoms with E-state index in [1.807, 2.05) is 48.5 Å². The van der Waals surface area contributed by atoms with E-state index in [1.54, 1.807) is 11.8 Å². The summed E-state index contributed by atoms with van der Waals surface area (Å²) in [5.74, 6) is 1.54. The molecule has 32 heavy (non-hydrogen) atoms. The van der Waals surface area contributed by atoms with Crippen LogP contribution in [0, 0.1) is 0 Å². The van der Waals surface area contributed by atoms with Gasteiger partial charge in [-0.2, -0.15) is 10.1 Å². The lowest BCUT2D eigenvalue weighted by molar-refractivity contribution is 0.369. The van der Waals surface area contributed by atoms with Crippen LogP contribution in [0.3, 0.4) is 0 Å². The Hall–Kier alpha value is -4.27. The molecule has 0 spiro atoms. The quantitative estimate of drug-likeness (QED) is 0.409. The predicted octanol–water partition coefficient (Wildman–Crippen LogP) is 3.25. The first-order valence-electron chi connectivity index (χ1n) is 10.2. The summed E-state index contributed by atoms with van der Waals surface area (Å²) in [5.41, 5.74) is 3.11. The number of rotatable bonds is 6. The van der Waals surface area contributed by atoms with Gasteiger partial charge in [0.2, 0.25) is 11.7 Å². The summed E-state index contributed by atoms with van der Waals surface area (Å²) >= 11 is 0. The Balaban J connectivity index is 1.42. The molecular weight excluding hydrogens is 408 g/mol. The lowest BCUT2D eigenvalue weighted by Crippen LogP contribution is -2.21. The molecule has 9 nitrogen and oxygen atoms in total. The first kappa shape index (κ1) is 19.7. The summed E-state index contributed by atoms with van der Waals surface area (Å²) in [6.45, 7) is 2.22. The lowest BCUT2D eigenvalue weighted by atomic mass is 10.1. The minimum Gasteiger partial charge on any atom is -0.497 e. The van der Waals surface area contributed by atoms with E-state index in [-0.39, 0.29) is 12.1 Å². The normalized spacial score (nSPS) is 11.2. The monoisotopic (exact) mass is 428 g/mol. The highest BCUT2D eigenvalue weighted by Gasteiger charge is 2.14. The molecule has 3 aromatic heterocycles. The molecule has 160 valence electrons. The van der Waals surface area contributed by atoms with Gasteiger partial charge in [-0.15, -0.1) is 0 Å². The van der Waals surface area contributed by atoms with E-state index in [9.17, 15) is 4.79 Å². The molecule has 0 unspecified atom stereocenters. The van der Waals surface area contributed by atoms with E-state index in [2.05, 4.69) is 27.1 Å². The molecule has 0 fully saturated rings. The van der Waals surface area contributed by atoms with Gasteiger partial charge in [-0.3, -0.25) is 9.36 Å². The van der Waals surface area contributed by atoms with E-state index in [4.69, 9.17) is 9.26 Å². The molecule has 2 aromatic carbocycles. The molecule has 0 bridgehead atoms. The third kappa shape index (κ3) is 3.53. The molecule has 0 aliphatic carbocycles. The average Bonchev–Trinajstić information content (AvgIpc) is 3.49. The van der Waals surface area contributed by atoms with Crippen LogP contribution in [-0.4, -0.2) is 36.6 Å². The summed E-state index contributed by atoms with van der Waals surface area (Å²) in [6, 6.07) is 15.3. The van der Waals surface area contributed by atoms with Gasteiger partial charge in [0.1, 0.15) is 24.0 Å². The van der Waals surface area contributed by atoms with Crippen LogP contribution >= 0.6 is 0 Å². The Morgan fingerprint density at radius 2 is 1.84 bits per heavy atom. The smallest absolute Gasteiger partial charge is 0.264 e. The third-order valence-electron chi connectivity index (χ3n) is 5.27. The maximum absolute atomic E-state index is 13.0. The van der Waals surface area contributed by atoms with Gasteiger partial charge in [-0.1, -0.05) is 36.3 Å². The zero-order chi connectivity index (χ0) is 22.1. The summed E-state index contributed by atoms with van der Waals surface area (Å²) in [5, 5.41) is 8.78. The van der Waals surface area contributed by atoms with Crippen molar-refractivity contribution in [2.45, 2.75) is 19.9 Å². The van der Waals surface area contributed by atoms with Crippen LogP contribution in [0.5, 0.6) is 5.75 Å². The van der Waals surface area contributed by atoms with Gasteiger partial charge < -0.3 is 9.26 Å². The Labute approximate surface area is 182 Å². The zero-order valence-corrected chi connectivity index (χ0v) is 17.6. The Morgan fingerprint density at radius 1 is 1.06 bits per heavy atom. The summed E-state index contributed by atoms with van der Waals surface area (Å²) in [6.07, 6.45) is 3.94. The van der Waals surface area contributed by atoms with Crippen LogP contribution in [0.2, 0.25) is 0 Å². The highest BCUT2D eigenvalue weighted by molar-refractivity contribution is 5.75. The van der Waals surface area contributed by atoms with Crippen molar-refractivity contribution < 1.29 is 9.26 Å². The Morgan fingerprint density at radius 3 is 2.56 bits per heavy atom. The zero-order valence-electron chi connectivity index (χ0n) is 17.6. The highest BCUT2D eigenvalue weighted by atomic mass is 16.5. The van der Waals surface area contributed by atoms with Crippen molar-refractivity contribution >= 4 is 11.0 Å². The van der Waals surface area contributed by atoms with Crippen molar-refractivity contribution in [1.82, 2.24) is 29.5 Å². The molecule has 0 radical (unpaired) electrons. The van der Waals surface area contributed by atoms with E-state index in [1.165, 1.54) is 22.7 Å². The molecule has 0 saturated heterocycles. The second-order valence-corrected chi connectivity index (χ2v) is 7.23. The van der Waals surface area contributed by atoms with E-state index >= 15 is 0 Å². The standard InChI is InChI=1S/C23H20N6O3/c1-3-15-4-6-16(7-5-15)21-26-20(32-27-21)13-28-14-24-22-19(23(28)30)12-25-29(22)17-8-10-18(31-2)11-9-17/h4-12,14H,3,13H2,1-2H3. The van der Waals surface area contributed by atoms with E-state index in [0.717, 1.165) is 23.4 Å². The molecule has 0 aliphatic rings. The van der Waals surface area contributed by atoms with Crippen molar-refractivity contribution in [3.8, 4) is 22.8 Å². The number of hydrogen-bond acceptors (Lipinski definition) is 7. The largest absolute Gasteiger partial charge is 0.497 e. The minimum absolute atomic E-state index is 0.121.